The molecule has 2 heteroatoms. The van der Waals surface area contributed by atoms with Gasteiger partial charge in [-0.05, 0) is 74.9 Å². The first-order chi connectivity index (χ1) is 7.77. The van der Waals surface area contributed by atoms with Crippen molar-refractivity contribution >= 4 is 11.5 Å². The van der Waals surface area contributed by atoms with Gasteiger partial charge in [0.15, 0.2) is 0 Å². The summed E-state index contributed by atoms with van der Waals surface area (Å²) in [6.07, 6.45) is 0. The molecule has 0 heterocycles. The number of benzene rings is 1. The molecule has 0 amide bonds. The Morgan fingerprint density at radius 3 is 2.00 bits per heavy atom. The van der Waals surface area contributed by atoms with Crippen LogP contribution in [0.15, 0.2) is 11.6 Å². The van der Waals surface area contributed by atoms with E-state index in [1.54, 1.807) is 6.92 Å². The second-order valence-electron chi connectivity index (χ2n) is 4.67. The monoisotopic (exact) mass is 232 g/mol. The molecule has 1 aromatic carbocycles. The lowest BCUT2D eigenvalue weighted by atomic mass is 9.90. The zero-order chi connectivity index (χ0) is 13.3. The van der Waals surface area contributed by atoms with Crippen molar-refractivity contribution in [1.29, 1.82) is 0 Å². The van der Waals surface area contributed by atoms with E-state index in [9.17, 15) is 4.79 Å². The van der Waals surface area contributed by atoms with Gasteiger partial charge in [-0.15, -0.1) is 0 Å². The minimum Gasteiger partial charge on any atom is -0.478 e. The predicted octanol–water partition coefficient (Wildman–Crippen LogP) is 3.80. The lowest BCUT2D eigenvalue weighted by Gasteiger charge is -2.15. The Bertz CT molecular complexity index is 508. The van der Waals surface area contributed by atoms with Crippen LogP contribution in [0.4, 0.5) is 0 Å². The summed E-state index contributed by atoms with van der Waals surface area (Å²) in [4.78, 5) is 11.0. The topological polar surface area (TPSA) is 37.3 Å². The van der Waals surface area contributed by atoms with Crippen molar-refractivity contribution in [2.24, 2.45) is 0 Å². The summed E-state index contributed by atoms with van der Waals surface area (Å²) in [5, 5.41) is 9.04. The van der Waals surface area contributed by atoms with Gasteiger partial charge in [0, 0.05) is 5.57 Å². The normalized spacial score (nSPS) is 12.4. The highest BCUT2D eigenvalue weighted by atomic mass is 16.4. The van der Waals surface area contributed by atoms with Gasteiger partial charge >= 0.3 is 5.97 Å². The lowest BCUT2D eigenvalue weighted by molar-refractivity contribution is -0.132. The van der Waals surface area contributed by atoms with E-state index in [0.29, 0.717) is 5.57 Å². The smallest absolute Gasteiger partial charge is 0.331 e. The SMILES string of the molecule is C/C(C(=O)O)=C(/C)c1cc(C)c(C)c(C)c1C. The van der Waals surface area contributed by atoms with Gasteiger partial charge in [0.05, 0.1) is 0 Å². The van der Waals surface area contributed by atoms with Gasteiger partial charge in [-0.3, -0.25) is 0 Å². The predicted molar refractivity (Wildman–Crippen MR) is 71.3 cm³/mol. The van der Waals surface area contributed by atoms with Crippen molar-refractivity contribution in [3.8, 4) is 0 Å². The molecule has 2 nitrogen and oxygen atoms in total. The first-order valence-corrected chi connectivity index (χ1v) is 5.76. The molecule has 1 aromatic rings. The number of allylic oxidation sites excluding steroid dienone is 1. The van der Waals surface area contributed by atoms with Crippen LogP contribution in [0.3, 0.4) is 0 Å². The number of carboxylic acid groups (broad SMARTS) is 1. The summed E-state index contributed by atoms with van der Waals surface area (Å²) in [7, 11) is 0. The molecular formula is C15H20O2. The molecule has 0 fully saturated rings. The van der Waals surface area contributed by atoms with E-state index in [-0.39, 0.29) is 0 Å². The molecule has 0 spiro atoms. The average Bonchev–Trinajstić information content (AvgIpc) is 2.29. The summed E-state index contributed by atoms with van der Waals surface area (Å²) in [5.74, 6) is -0.849. The molecule has 1 N–H and O–H groups in total. The maximum absolute atomic E-state index is 11.0. The quantitative estimate of drug-likeness (QED) is 0.787. The Balaban J connectivity index is 3.54. The molecule has 0 atom stereocenters. The second kappa shape index (κ2) is 4.74. The minimum absolute atomic E-state index is 0.413. The molecule has 0 unspecified atom stereocenters. The maximum Gasteiger partial charge on any atom is 0.331 e. The second-order valence-corrected chi connectivity index (χ2v) is 4.67. The fourth-order valence-corrected chi connectivity index (χ4v) is 1.96. The third-order valence-corrected chi connectivity index (χ3v) is 3.77. The van der Waals surface area contributed by atoms with Gasteiger partial charge in [0.2, 0.25) is 0 Å². The van der Waals surface area contributed by atoms with Gasteiger partial charge in [-0.2, -0.15) is 0 Å². The fraction of sp³-hybridized carbons (Fsp3) is 0.400. The Morgan fingerprint density at radius 1 is 1.00 bits per heavy atom. The number of hydrogen-bond acceptors (Lipinski definition) is 1. The van der Waals surface area contributed by atoms with Crippen LogP contribution in [0, 0.1) is 27.7 Å². The van der Waals surface area contributed by atoms with E-state index in [2.05, 4.69) is 33.8 Å². The lowest BCUT2D eigenvalue weighted by Crippen LogP contribution is -2.02. The summed E-state index contributed by atoms with van der Waals surface area (Å²) < 4.78 is 0. The molecular weight excluding hydrogens is 212 g/mol. The van der Waals surface area contributed by atoms with E-state index in [0.717, 1.165) is 11.1 Å². The van der Waals surface area contributed by atoms with Crippen LogP contribution >= 0.6 is 0 Å². The van der Waals surface area contributed by atoms with E-state index >= 15 is 0 Å². The Morgan fingerprint density at radius 2 is 1.53 bits per heavy atom. The number of hydrogen-bond donors (Lipinski definition) is 1. The van der Waals surface area contributed by atoms with Crippen LogP contribution in [0.25, 0.3) is 5.57 Å². The molecule has 0 bridgehead atoms. The summed E-state index contributed by atoms with van der Waals surface area (Å²) >= 11 is 0. The van der Waals surface area contributed by atoms with Crippen LogP contribution in [-0.2, 0) is 4.79 Å². The standard InChI is InChI=1S/C15H20O2/c1-8-7-14(11(4)10(3)9(8)2)12(5)13(6)15(16)17/h7H,1-6H3,(H,16,17)/b13-12+. The largest absolute Gasteiger partial charge is 0.478 e. The molecule has 0 radical (unpaired) electrons. The van der Waals surface area contributed by atoms with Gasteiger partial charge < -0.3 is 5.11 Å². The Labute approximate surface area is 103 Å². The van der Waals surface area contributed by atoms with Gasteiger partial charge in [0.1, 0.15) is 0 Å². The van der Waals surface area contributed by atoms with Crippen molar-refractivity contribution < 1.29 is 9.90 Å². The number of aliphatic carboxylic acids is 1. The van der Waals surface area contributed by atoms with Crippen LogP contribution in [-0.4, -0.2) is 11.1 Å². The van der Waals surface area contributed by atoms with Crippen LogP contribution in [0.5, 0.6) is 0 Å². The molecule has 0 aliphatic rings. The van der Waals surface area contributed by atoms with Crippen molar-refractivity contribution in [2.75, 3.05) is 0 Å². The average molecular weight is 232 g/mol. The van der Waals surface area contributed by atoms with Crippen molar-refractivity contribution in [3.05, 3.63) is 39.5 Å². The molecule has 0 aromatic heterocycles. The summed E-state index contributed by atoms with van der Waals surface area (Å²) in [6, 6.07) is 2.08. The first-order valence-electron chi connectivity index (χ1n) is 5.76. The van der Waals surface area contributed by atoms with Crippen molar-refractivity contribution in [3.63, 3.8) is 0 Å². The van der Waals surface area contributed by atoms with Crippen LogP contribution < -0.4 is 0 Å². The molecule has 0 aliphatic carbocycles. The summed E-state index contributed by atoms with van der Waals surface area (Å²) in [6.45, 7) is 11.8. The van der Waals surface area contributed by atoms with Crippen molar-refractivity contribution in [1.82, 2.24) is 0 Å². The molecule has 92 valence electrons. The van der Waals surface area contributed by atoms with Crippen LogP contribution in [0.1, 0.15) is 41.7 Å². The number of carboxylic acids is 1. The minimum atomic E-state index is -0.849. The first kappa shape index (κ1) is 13.5. The summed E-state index contributed by atoms with van der Waals surface area (Å²) in [5.41, 5.74) is 7.22. The van der Waals surface area contributed by atoms with Gasteiger partial charge in [0.25, 0.3) is 0 Å². The Hall–Kier alpha value is -1.57. The highest BCUT2D eigenvalue weighted by Gasteiger charge is 2.12. The third-order valence-electron chi connectivity index (χ3n) is 3.77. The van der Waals surface area contributed by atoms with E-state index < -0.39 is 5.97 Å². The van der Waals surface area contributed by atoms with Gasteiger partial charge in [-0.1, -0.05) is 6.07 Å². The van der Waals surface area contributed by atoms with Crippen LogP contribution in [0.2, 0.25) is 0 Å². The molecule has 0 saturated heterocycles. The van der Waals surface area contributed by atoms with Gasteiger partial charge in [-0.25, -0.2) is 4.79 Å². The maximum atomic E-state index is 11.0. The Kier molecular flexibility index (Phi) is 3.76. The van der Waals surface area contributed by atoms with E-state index in [4.69, 9.17) is 5.11 Å². The molecule has 0 aliphatic heterocycles. The number of carbonyl (C=O) groups is 1. The number of rotatable bonds is 2. The number of aryl methyl sites for hydroxylation is 1. The van der Waals surface area contributed by atoms with Crippen molar-refractivity contribution in [2.45, 2.75) is 41.5 Å². The highest BCUT2D eigenvalue weighted by Crippen LogP contribution is 2.28. The zero-order valence-corrected chi connectivity index (χ0v) is 11.4. The highest BCUT2D eigenvalue weighted by molar-refractivity contribution is 5.95. The molecule has 17 heavy (non-hydrogen) atoms. The fourth-order valence-electron chi connectivity index (χ4n) is 1.96. The molecule has 0 saturated carbocycles. The third kappa shape index (κ3) is 2.41. The zero-order valence-electron chi connectivity index (χ0n) is 11.4. The van der Waals surface area contributed by atoms with E-state index in [1.165, 1.54) is 22.3 Å². The van der Waals surface area contributed by atoms with E-state index in [1.807, 2.05) is 6.92 Å². The molecule has 1 rings (SSSR count).